The zero-order valence-corrected chi connectivity index (χ0v) is 14.6. The molecule has 25 heavy (non-hydrogen) atoms. The number of hydrogen-bond donors (Lipinski definition) is 1. The average Bonchev–Trinajstić information content (AvgIpc) is 2.65. The van der Waals surface area contributed by atoms with Crippen molar-refractivity contribution < 1.29 is 4.74 Å². The molecule has 1 N–H and O–H groups in total. The summed E-state index contributed by atoms with van der Waals surface area (Å²) < 4.78 is 5.38. The maximum atomic E-state index is 5.38. The third-order valence-corrected chi connectivity index (χ3v) is 5.29. The molecule has 0 radical (unpaired) electrons. The van der Waals surface area contributed by atoms with Crippen LogP contribution < -0.4 is 10.2 Å². The molecule has 1 unspecified atom stereocenters. The minimum Gasteiger partial charge on any atom is -0.378 e. The van der Waals surface area contributed by atoms with Gasteiger partial charge in [0.25, 0.3) is 0 Å². The van der Waals surface area contributed by atoms with Gasteiger partial charge >= 0.3 is 0 Å². The fraction of sp³-hybridized carbons (Fsp3) is 0.500. The molecule has 0 amide bonds. The van der Waals surface area contributed by atoms with Crippen LogP contribution in [-0.4, -0.2) is 36.3 Å². The smallest absolute Gasteiger partial charge is 0.225 e. The topological polar surface area (TPSA) is 50.3 Å². The standard InChI is InChI=1S/C20H26N4O/c1-2-5-17(6-3-1)19(18-7-4-8-18)21-13-16-14-22-20(23-15-16)24-9-11-25-12-10-24/h1-3,5-6,14-15,18-19,21H,4,7-13H2. The molecule has 5 nitrogen and oxygen atoms in total. The third kappa shape index (κ3) is 3.99. The van der Waals surface area contributed by atoms with Gasteiger partial charge < -0.3 is 15.0 Å². The molecule has 1 aliphatic carbocycles. The van der Waals surface area contributed by atoms with Gasteiger partial charge in [0.2, 0.25) is 5.95 Å². The molecule has 1 atom stereocenters. The van der Waals surface area contributed by atoms with Gasteiger partial charge in [0.15, 0.2) is 0 Å². The van der Waals surface area contributed by atoms with E-state index in [1.165, 1.54) is 24.8 Å². The number of ether oxygens (including phenoxy) is 1. The molecule has 2 aromatic rings. The Labute approximate surface area is 149 Å². The summed E-state index contributed by atoms with van der Waals surface area (Å²) in [5, 5.41) is 3.74. The van der Waals surface area contributed by atoms with Crippen molar-refractivity contribution in [1.82, 2.24) is 15.3 Å². The summed E-state index contributed by atoms with van der Waals surface area (Å²) in [6.45, 7) is 4.06. The van der Waals surface area contributed by atoms with Crippen LogP contribution in [0.15, 0.2) is 42.7 Å². The van der Waals surface area contributed by atoms with Gasteiger partial charge in [-0.1, -0.05) is 36.8 Å². The Morgan fingerprint density at radius 2 is 1.80 bits per heavy atom. The van der Waals surface area contributed by atoms with Crippen LogP contribution in [0.4, 0.5) is 5.95 Å². The number of nitrogens with zero attached hydrogens (tertiary/aromatic N) is 3. The highest BCUT2D eigenvalue weighted by Crippen LogP contribution is 2.37. The first-order valence-electron chi connectivity index (χ1n) is 9.32. The van der Waals surface area contributed by atoms with Crippen molar-refractivity contribution in [2.45, 2.75) is 31.8 Å². The summed E-state index contributed by atoms with van der Waals surface area (Å²) in [4.78, 5) is 11.3. The van der Waals surface area contributed by atoms with Gasteiger partial charge in [-0.25, -0.2) is 9.97 Å². The van der Waals surface area contributed by atoms with Crippen molar-refractivity contribution >= 4 is 5.95 Å². The molecule has 1 saturated heterocycles. The minimum atomic E-state index is 0.425. The van der Waals surface area contributed by atoms with Gasteiger partial charge in [-0.05, 0) is 24.3 Å². The number of nitrogens with one attached hydrogen (secondary N) is 1. The van der Waals surface area contributed by atoms with Gasteiger partial charge in [0.05, 0.1) is 13.2 Å². The molecular formula is C20H26N4O. The Balaban J connectivity index is 1.39. The van der Waals surface area contributed by atoms with Crippen LogP contribution in [0.5, 0.6) is 0 Å². The summed E-state index contributed by atoms with van der Waals surface area (Å²) in [5.74, 6) is 1.56. The molecule has 5 heteroatoms. The highest BCUT2D eigenvalue weighted by atomic mass is 16.5. The van der Waals surface area contributed by atoms with Gasteiger partial charge in [-0.15, -0.1) is 0 Å². The highest BCUT2D eigenvalue weighted by Gasteiger charge is 2.28. The van der Waals surface area contributed by atoms with E-state index < -0.39 is 0 Å². The molecule has 2 fully saturated rings. The molecule has 2 aliphatic rings. The van der Waals surface area contributed by atoms with E-state index in [0.29, 0.717) is 6.04 Å². The molecule has 1 aliphatic heterocycles. The van der Waals surface area contributed by atoms with Crippen LogP contribution >= 0.6 is 0 Å². The van der Waals surface area contributed by atoms with Crippen LogP contribution in [0.25, 0.3) is 0 Å². The molecule has 4 rings (SSSR count). The Morgan fingerprint density at radius 3 is 2.44 bits per heavy atom. The van der Waals surface area contributed by atoms with Crippen LogP contribution in [0.3, 0.4) is 0 Å². The van der Waals surface area contributed by atoms with E-state index >= 15 is 0 Å². The van der Waals surface area contributed by atoms with Crippen molar-refractivity contribution in [1.29, 1.82) is 0 Å². The molecular weight excluding hydrogens is 312 g/mol. The fourth-order valence-electron chi connectivity index (χ4n) is 3.58. The summed E-state index contributed by atoms with van der Waals surface area (Å²) in [6, 6.07) is 11.2. The molecule has 1 aromatic carbocycles. The quantitative estimate of drug-likeness (QED) is 0.878. The molecule has 2 heterocycles. The first-order valence-corrected chi connectivity index (χ1v) is 9.32. The zero-order chi connectivity index (χ0) is 16.9. The summed E-state index contributed by atoms with van der Waals surface area (Å²) in [5.41, 5.74) is 2.52. The van der Waals surface area contributed by atoms with Gasteiger partial charge in [0, 0.05) is 43.6 Å². The number of hydrogen-bond acceptors (Lipinski definition) is 5. The van der Waals surface area contributed by atoms with Crippen molar-refractivity contribution in [2.24, 2.45) is 5.92 Å². The summed E-state index contributed by atoms with van der Waals surface area (Å²) in [7, 11) is 0. The zero-order valence-electron chi connectivity index (χ0n) is 14.6. The summed E-state index contributed by atoms with van der Waals surface area (Å²) >= 11 is 0. The Kier molecular flexibility index (Phi) is 5.23. The van der Waals surface area contributed by atoms with E-state index in [4.69, 9.17) is 4.74 Å². The maximum Gasteiger partial charge on any atom is 0.225 e. The van der Waals surface area contributed by atoms with E-state index in [1.807, 2.05) is 12.4 Å². The number of rotatable bonds is 6. The van der Waals surface area contributed by atoms with Crippen molar-refractivity contribution in [3.63, 3.8) is 0 Å². The second-order valence-electron chi connectivity index (χ2n) is 6.95. The maximum absolute atomic E-state index is 5.38. The van der Waals surface area contributed by atoms with Crippen molar-refractivity contribution in [3.05, 3.63) is 53.9 Å². The van der Waals surface area contributed by atoms with Crippen molar-refractivity contribution in [3.8, 4) is 0 Å². The van der Waals surface area contributed by atoms with E-state index in [0.717, 1.165) is 50.3 Å². The summed E-state index contributed by atoms with van der Waals surface area (Å²) in [6.07, 6.45) is 7.90. The number of morpholine rings is 1. The Hall–Kier alpha value is -1.98. The Bertz CT molecular complexity index is 651. The normalized spacial score (nSPS) is 19.4. The second kappa shape index (κ2) is 7.93. The highest BCUT2D eigenvalue weighted by molar-refractivity contribution is 5.30. The molecule has 0 spiro atoms. The van der Waals surface area contributed by atoms with E-state index in [1.54, 1.807) is 0 Å². The lowest BCUT2D eigenvalue weighted by atomic mass is 9.77. The average molecular weight is 338 g/mol. The van der Waals surface area contributed by atoms with E-state index in [2.05, 4.69) is 50.5 Å². The van der Waals surface area contributed by atoms with Crippen molar-refractivity contribution in [2.75, 3.05) is 31.2 Å². The second-order valence-corrected chi connectivity index (χ2v) is 6.95. The van der Waals surface area contributed by atoms with E-state index in [9.17, 15) is 0 Å². The van der Waals surface area contributed by atoms with Gasteiger partial charge in [-0.2, -0.15) is 0 Å². The molecule has 132 valence electrons. The lowest BCUT2D eigenvalue weighted by molar-refractivity contribution is 0.122. The molecule has 0 bridgehead atoms. The predicted octanol–water partition coefficient (Wildman–Crippen LogP) is 2.94. The molecule has 1 aromatic heterocycles. The van der Waals surface area contributed by atoms with Crippen LogP contribution in [-0.2, 0) is 11.3 Å². The monoisotopic (exact) mass is 338 g/mol. The lowest BCUT2D eigenvalue weighted by Crippen LogP contribution is -2.37. The first-order chi connectivity index (χ1) is 12.4. The minimum absolute atomic E-state index is 0.425. The van der Waals surface area contributed by atoms with Crippen LogP contribution in [0.2, 0.25) is 0 Å². The van der Waals surface area contributed by atoms with Gasteiger partial charge in [-0.3, -0.25) is 0 Å². The van der Waals surface area contributed by atoms with Gasteiger partial charge in [0.1, 0.15) is 0 Å². The number of aromatic nitrogens is 2. The SMILES string of the molecule is c1ccc(C(NCc2cnc(N3CCOCC3)nc2)C2CCC2)cc1. The first kappa shape index (κ1) is 16.5. The fourth-order valence-corrected chi connectivity index (χ4v) is 3.58. The number of benzene rings is 1. The third-order valence-electron chi connectivity index (χ3n) is 5.29. The molecule has 1 saturated carbocycles. The number of anilines is 1. The van der Waals surface area contributed by atoms with Crippen LogP contribution in [0.1, 0.15) is 36.4 Å². The lowest BCUT2D eigenvalue weighted by Gasteiger charge is -2.35. The predicted molar refractivity (Wildman–Crippen MR) is 98.4 cm³/mol. The largest absolute Gasteiger partial charge is 0.378 e. The Morgan fingerprint density at radius 1 is 1.08 bits per heavy atom. The van der Waals surface area contributed by atoms with Crippen LogP contribution in [0, 0.1) is 5.92 Å². The van der Waals surface area contributed by atoms with E-state index in [-0.39, 0.29) is 0 Å².